The molecule has 2 heterocycles. The largest absolute Gasteiger partial charge is 0.323 e. The lowest BCUT2D eigenvalue weighted by molar-refractivity contribution is 0.630. The van der Waals surface area contributed by atoms with Crippen LogP contribution in [0.2, 0.25) is 5.02 Å². The van der Waals surface area contributed by atoms with Crippen LogP contribution in [0.4, 0.5) is 4.39 Å². The van der Waals surface area contributed by atoms with Crippen molar-refractivity contribution in [3.63, 3.8) is 0 Å². The minimum Gasteiger partial charge on any atom is -0.323 e. The zero-order chi connectivity index (χ0) is 10.3. The van der Waals surface area contributed by atoms with Crippen molar-refractivity contribution in [3.8, 4) is 0 Å². The van der Waals surface area contributed by atoms with E-state index in [4.69, 9.17) is 17.3 Å². The van der Waals surface area contributed by atoms with Gasteiger partial charge in [0.2, 0.25) is 0 Å². The highest BCUT2D eigenvalue weighted by Gasteiger charge is 2.14. The molecule has 2 rings (SSSR count). The summed E-state index contributed by atoms with van der Waals surface area (Å²) in [5.74, 6) is -0.473. The van der Waals surface area contributed by atoms with E-state index in [0.29, 0.717) is 11.2 Å². The van der Waals surface area contributed by atoms with Gasteiger partial charge in [-0.2, -0.15) is 0 Å². The van der Waals surface area contributed by atoms with Gasteiger partial charge in [0.1, 0.15) is 5.52 Å². The Balaban J connectivity index is 0.00000112. The van der Waals surface area contributed by atoms with Crippen LogP contribution < -0.4 is 5.73 Å². The Labute approximate surface area is 97.5 Å². The molecule has 15 heavy (non-hydrogen) atoms. The Morgan fingerprint density at radius 2 is 2.27 bits per heavy atom. The quantitative estimate of drug-likeness (QED) is 0.845. The molecule has 2 N–H and O–H groups in total. The molecule has 0 amide bonds. The zero-order valence-corrected chi connectivity index (χ0v) is 9.52. The third-order valence-electron chi connectivity index (χ3n) is 2.05. The van der Waals surface area contributed by atoms with E-state index >= 15 is 0 Å². The molecule has 2 aromatic rings. The number of imidazole rings is 1. The maximum Gasteiger partial charge on any atom is 0.167 e. The normalized spacial score (nSPS) is 12.5. The minimum absolute atomic E-state index is 0. The zero-order valence-electron chi connectivity index (χ0n) is 7.95. The first-order valence-corrected chi connectivity index (χ1v) is 4.55. The first-order valence-electron chi connectivity index (χ1n) is 4.17. The summed E-state index contributed by atoms with van der Waals surface area (Å²) < 4.78 is 15.2. The third-order valence-corrected chi connectivity index (χ3v) is 2.34. The van der Waals surface area contributed by atoms with Crippen LogP contribution in [-0.2, 0) is 0 Å². The van der Waals surface area contributed by atoms with Crippen LogP contribution in [0.3, 0.4) is 0 Å². The molecule has 0 saturated heterocycles. The van der Waals surface area contributed by atoms with Gasteiger partial charge in [-0.25, -0.2) is 9.37 Å². The SMILES string of the molecule is CC(N)c1ncn2ccc(Cl)c(F)c12.Cl. The number of aromatic nitrogens is 2. The van der Waals surface area contributed by atoms with Gasteiger partial charge in [-0.05, 0) is 13.0 Å². The van der Waals surface area contributed by atoms with E-state index in [1.807, 2.05) is 0 Å². The van der Waals surface area contributed by atoms with Crippen molar-refractivity contribution in [2.75, 3.05) is 0 Å². The van der Waals surface area contributed by atoms with Crippen LogP contribution in [-0.4, -0.2) is 9.38 Å². The fraction of sp³-hybridized carbons (Fsp3) is 0.222. The Morgan fingerprint density at radius 1 is 1.60 bits per heavy atom. The summed E-state index contributed by atoms with van der Waals surface area (Å²) in [4.78, 5) is 4.04. The number of nitrogens with two attached hydrogens (primary N) is 1. The number of hydrogen-bond acceptors (Lipinski definition) is 2. The Bertz CT molecular complexity index is 481. The van der Waals surface area contributed by atoms with E-state index in [0.717, 1.165) is 0 Å². The maximum absolute atomic E-state index is 13.6. The van der Waals surface area contributed by atoms with Crippen LogP contribution in [0, 0.1) is 5.82 Å². The van der Waals surface area contributed by atoms with Gasteiger partial charge in [0.15, 0.2) is 5.82 Å². The average Bonchev–Trinajstić information content (AvgIpc) is 2.55. The Kier molecular flexibility index (Phi) is 3.54. The fourth-order valence-corrected chi connectivity index (χ4v) is 1.53. The second-order valence-electron chi connectivity index (χ2n) is 3.15. The van der Waals surface area contributed by atoms with Crippen molar-refractivity contribution >= 4 is 29.5 Å². The molecular weight excluding hydrogens is 240 g/mol. The lowest BCUT2D eigenvalue weighted by atomic mass is 10.2. The van der Waals surface area contributed by atoms with Gasteiger partial charge in [0.05, 0.1) is 17.0 Å². The summed E-state index contributed by atoms with van der Waals surface area (Å²) >= 11 is 5.66. The smallest absolute Gasteiger partial charge is 0.167 e. The van der Waals surface area contributed by atoms with Crippen molar-refractivity contribution in [2.45, 2.75) is 13.0 Å². The van der Waals surface area contributed by atoms with E-state index in [-0.39, 0.29) is 23.5 Å². The summed E-state index contributed by atoms with van der Waals surface area (Å²) in [6.07, 6.45) is 3.17. The van der Waals surface area contributed by atoms with Gasteiger partial charge in [0, 0.05) is 12.2 Å². The molecule has 0 saturated carbocycles. The summed E-state index contributed by atoms with van der Waals surface area (Å²) in [6, 6.07) is 1.17. The highest BCUT2D eigenvalue weighted by molar-refractivity contribution is 6.31. The standard InChI is InChI=1S/C9H9ClFN3.ClH/c1-5(12)8-9-7(11)6(10)2-3-14(9)4-13-8;/h2-5H,12H2,1H3;1H. The monoisotopic (exact) mass is 249 g/mol. The van der Waals surface area contributed by atoms with E-state index in [2.05, 4.69) is 4.98 Å². The average molecular weight is 250 g/mol. The van der Waals surface area contributed by atoms with Gasteiger partial charge in [0.25, 0.3) is 0 Å². The second-order valence-corrected chi connectivity index (χ2v) is 3.56. The first kappa shape index (κ1) is 12.2. The molecule has 82 valence electrons. The number of rotatable bonds is 1. The van der Waals surface area contributed by atoms with Crippen LogP contribution in [0.25, 0.3) is 5.52 Å². The maximum atomic E-state index is 13.6. The second kappa shape index (κ2) is 4.35. The number of fused-ring (bicyclic) bond motifs is 1. The van der Waals surface area contributed by atoms with Crippen molar-refractivity contribution in [2.24, 2.45) is 5.73 Å². The molecule has 1 atom stereocenters. The van der Waals surface area contributed by atoms with Gasteiger partial charge in [-0.1, -0.05) is 11.6 Å². The molecule has 6 heteroatoms. The topological polar surface area (TPSA) is 43.3 Å². The lowest BCUT2D eigenvalue weighted by Crippen LogP contribution is -2.06. The molecule has 0 aliphatic carbocycles. The van der Waals surface area contributed by atoms with Crippen LogP contribution in [0.15, 0.2) is 18.6 Å². The molecule has 0 aliphatic rings. The predicted octanol–water partition coefficient (Wildman–Crippen LogP) is 2.57. The van der Waals surface area contributed by atoms with Crippen LogP contribution in [0.1, 0.15) is 18.7 Å². The van der Waals surface area contributed by atoms with Gasteiger partial charge in [-0.15, -0.1) is 12.4 Å². The fourth-order valence-electron chi connectivity index (χ4n) is 1.38. The Hall–Kier alpha value is -0.840. The number of halogens is 3. The molecule has 0 aliphatic heterocycles. The molecule has 0 spiro atoms. The molecule has 0 bridgehead atoms. The summed E-state index contributed by atoms with van der Waals surface area (Å²) in [7, 11) is 0. The van der Waals surface area contributed by atoms with Gasteiger partial charge in [-0.3, -0.25) is 0 Å². The van der Waals surface area contributed by atoms with E-state index < -0.39 is 5.82 Å². The van der Waals surface area contributed by atoms with E-state index in [1.54, 1.807) is 17.5 Å². The summed E-state index contributed by atoms with van der Waals surface area (Å²) in [6.45, 7) is 1.75. The molecule has 3 nitrogen and oxygen atoms in total. The lowest BCUT2D eigenvalue weighted by Gasteiger charge is -2.03. The van der Waals surface area contributed by atoms with E-state index in [9.17, 15) is 4.39 Å². The third kappa shape index (κ3) is 1.93. The summed E-state index contributed by atoms with van der Waals surface area (Å²) in [5, 5.41) is 0.0832. The Morgan fingerprint density at radius 3 is 2.87 bits per heavy atom. The molecule has 0 aromatic carbocycles. The van der Waals surface area contributed by atoms with Crippen molar-refractivity contribution < 1.29 is 4.39 Å². The molecule has 0 radical (unpaired) electrons. The van der Waals surface area contributed by atoms with Crippen molar-refractivity contribution in [3.05, 3.63) is 35.1 Å². The van der Waals surface area contributed by atoms with Gasteiger partial charge < -0.3 is 10.1 Å². The van der Waals surface area contributed by atoms with Crippen molar-refractivity contribution in [1.29, 1.82) is 0 Å². The summed E-state index contributed by atoms with van der Waals surface area (Å²) in [5.41, 5.74) is 6.53. The van der Waals surface area contributed by atoms with E-state index in [1.165, 1.54) is 12.4 Å². The predicted molar refractivity (Wildman–Crippen MR) is 60.0 cm³/mol. The van der Waals surface area contributed by atoms with Crippen molar-refractivity contribution in [1.82, 2.24) is 9.38 Å². The van der Waals surface area contributed by atoms with Crippen LogP contribution in [0.5, 0.6) is 0 Å². The molecule has 0 fully saturated rings. The molecule has 2 aromatic heterocycles. The highest BCUT2D eigenvalue weighted by Crippen LogP contribution is 2.23. The minimum atomic E-state index is -0.473. The number of nitrogens with zero attached hydrogens (tertiary/aromatic N) is 2. The molecular formula is C9H10Cl2FN3. The number of pyridine rings is 1. The first-order chi connectivity index (χ1) is 6.61. The molecule has 1 unspecified atom stereocenters. The number of hydrogen-bond donors (Lipinski definition) is 1. The highest BCUT2D eigenvalue weighted by atomic mass is 35.5. The van der Waals surface area contributed by atoms with Crippen LogP contribution >= 0.6 is 24.0 Å². The van der Waals surface area contributed by atoms with Gasteiger partial charge >= 0.3 is 0 Å².